The summed E-state index contributed by atoms with van der Waals surface area (Å²) in [5.41, 5.74) is 7.69. The van der Waals surface area contributed by atoms with E-state index in [-0.39, 0.29) is 18.2 Å². The number of benzene rings is 2. The summed E-state index contributed by atoms with van der Waals surface area (Å²) in [7, 11) is 1.58. The minimum Gasteiger partial charge on any atom is -0.491 e. The number of aliphatic imine (C=N–C) groups is 1. The highest BCUT2D eigenvalue weighted by atomic mass is 19.4. The van der Waals surface area contributed by atoms with Crippen LogP contribution < -0.4 is 20.5 Å². The summed E-state index contributed by atoms with van der Waals surface area (Å²) in [6.07, 6.45) is -4.81. The van der Waals surface area contributed by atoms with E-state index in [4.69, 9.17) is 15.2 Å². The fourth-order valence-corrected chi connectivity index (χ4v) is 2.29. The van der Waals surface area contributed by atoms with Crippen LogP contribution in [0.25, 0.3) is 0 Å². The number of halogens is 3. The van der Waals surface area contributed by atoms with Crippen molar-refractivity contribution in [2.24, 2.45) is 10.7 Å². The van der Waals surface area contributed by atoms with Crippen LogP contribution in [-0.4, -0.2) is 32.6 Å². The molecule has 152 valence electrons. The number of para-hydroxylation sites is 2. The Morgan fingerprint density at radius 3 is 2.57 bits per heavy atom. The van der Waals surface area contributed by atoms with Crippen LogP contribution in [-0.2, 0) is 11.3 Å². The van der Waals surface area contributed by atoms with Crippen LogP contribution in [0.3, 0.4) is 0 Å². The molecule has 0 saturated carbocycles. The van der Waals surface area contributed by atoms with E-state index in [1.54, 1.807) is 13.2 Å². The molecule has 9 heteroatoms. The number of nitrogens with zero attached hydrogens (tertiary/aromatic N) is 1. The molecule has 0 radical (unpaired) electrons. The Labute approximate surface area is 161 Å². The molecule has 0 atom stereocenters. The number of hydrogen-bond acceptors (Lipinski definition) is 4. The van der Waals surface area contributed by atoms with Crippen molar-refractivity contribution in [2.45, 2.75) is 19.8 Å². The fourth-order valence-electron chi connectivity index (χ4n) is 2.29. The second kappa shape index (κ2) is 9.84. The van der Waals surface area contributed by atoms with Gasteiger partial charge in [-0.3, -0.25) is 0 Å². The minimum atomic E-state index is -4.81. The van der Waals surface area contributed by atoms with Gasteiger partial charge in [0.25, 0.3) is 0 Å². The van der Waals surface area contributed by atoms with E-state index >= 15 is 0 Å². The molecule has 28 heavy (non-hydrogen) atoms. The van der Waals surface area contributed by atoms with Gasteiger partial charge in [-0.2, -0.15) is 0 Å². The van der Waals surface area contributed by atoms with E-state index in [9.17, 15) is 13.2 Å². The molecule has 0 spiro atoms. The van der Waals surface area contributed by atoms with Gasteiger partial charge in [0.1, 0.15) is 12.4 Å². The van der Waals surface area contributed by atoms with Gasteiger partial charge in [-0.25, -0.2) is 4.99 Å². The van der Waals surface area contributed by atoms with E-state index in [1.807, 2.05) is 25.1 Å². The molecule has 2 aromatic rings. The zero-order valence-corrected chi connectivity index (χ0v) is 15.5. The Morgan fingerprint density at radius 1 is 1.11 bits per heavy atom. The van der Waals surface area contributed by atoms with Gasteiger partial charge in [-0.15, -0.1) is 13.2 Å². The molecule has 0 amide bonds. The quantitative estimate of drug-likeness (QED) is 0.402. The SMILES string of the molecule is COCCOc1cc(C)ccc1CN=C(N)Nc1ccccc1OC(F)(F)F. The summed E-state index contributed by atoms with van der Waals surface area (Å²) >= 11 is 0. The average molecular weight is 397 g/mol. The van der Waals surface area contributed by atoms with Gasteiger partial charge in [-0.1, -0.05) is 24.3 Å². The predicted octanol–water partition coefficient (Wildman–Crippen LogP) is 3.85. The van der Waals surface area contributed by atoms with Gasteiger partial charge in [0.2, 0.25) is 0 Å². The Hall–Kier alpha value is -2.94. The summed E-state index contributed by atoms with van der Waals surface area (Å²) < 4.78 is 52.1. The highest BCUT2D eigenvalue weighted by Crippen LogP contribution is 2.29. The first kappa shape index (κ1) is 21.4. The van der Waals surface area contributed by atoms with E-state index in [1.165, 1.54) is 18.2 Å². The molecule has 0 heterocycles. The third-order valence-electron chi connectivity index (χ3n) is 3.56. The van der Waals surface area contributed by atoms with Crippen LogP contribution >= 0.6 is 0 Å². The molecular weight excluding hydrogens is 375 g/mol. The lowest BCUT2D eigenvalue weighted by molar-refractivity contribution is -0.274. The summed E-state index contributed by atoms with van der Waals surface area (Å²) in [6.45, 7) is 2.94. The molecule has 0 saturated heterocycles. The van der Waals surface area contributed by atoms with Crippen molar-refractivity contribution in [3.05, 3.63) is 53.6 Å². The lowest BCUT2D eigenvalue weighted by Crippen LogP contribution is -2.24. The maximum absolute atomic E-state index is 12.5. The van der Waals surface area contributed by atoms with Crippen LogP contribution in [0.2, 0.25) is 0 Å². The maximum atomic E-state index is 12.5. The molecular formula is C19H22F3N3O3. The van der Waals surface area contributed by atoms with Gasteiger partial charge >= 0.3 is 6.36 Å². The summed E-state index contributed by atoms with van der Waals surface area (Å²) in [6, 6.07) is 11.2. The predicted molar refractivity (Wildman–Crippen MR) is 101 cm³/mol. The van der Waals surface area contributed by atoms with Crippen molar-refractivity contribution >= 4 is 11.6 Å². The van der Waals surface area contributed by atoms with Crippen LogP contribution in [0.5, 0.6) is 11.5 Å². The van der Waals surface area contributed by atoms with Crippen LogP contribution in [0.4, 0.5) is 18.9 Å². The number of rotatable bonds is 8. The number of anilines is 1. The second-order valence-corrected chi connectivity index (χ2v) is 5.82. The molecule has 0 aliphatic rings. The Balaban J connectivity index is 2.09. The first-order chi connectivity index (χ1) is 13.3. The third-order valence-corrected chi connectivity index (χ3v) is 3.56. The summed E-state index contributed by atoms with van der Waals surface area (Å²) in [4.78, 5) is 4.18. The normalized spacial score (nSPS) is 12.0. The largest absolute Gasteiger partial charge is 0.573 e. The van der Waals surface area contributed by atoms with E-state index in [2.05, 4.69) is 15.0 Å². The van der Waals surface area contributed by atoms with Gasteiger partial charge in [0.05, 0.1) is 18.8 Å². The number of ether oxygens (including phenoxy) is 3. The number of nitrogens with two attached hydrogens (primary N) is 1. The van der Waals surface area contributed by atoms with Crippen molar-refractivity contribution in [1.82, 2.24) is 0 Å². The monoisotopic (exact) mass is 397 g/mol. The molecule has 0 fully saturated rings. The number of hydrogen-bond donors (Lipinski definition) is 2. The smallest absolute Gasteiger partial charge is 0.491 e. The number of nitrogens with one attached hydrogen (secondary N) is 1. The lowest BCUT2D eigenvalue weighted by atomic mass is 10.1. The maximum Gasteiger partial charge on any atom is 0.573 e. The first-order valence-electron chi connectivity index (χ1n) is 8.41. The van der Waals surface area contributed by atoms with Gasteiger partial charge < -0.3 is 25.3 Å². The van der Waals surface area contributed by atoms with Crippen molar-refractivity contribution in [1.29, 1.82) is 0 Å². The number of alkyl halides is 3. The third kappa shape index (κ3) is 6.99. The zero-order chi connectivity index (χ0) is 20.6. The molecule has 3 N–H and O–H groups in total. The van der Waals surface area contributed by atoms with Gasteiger partial charge in [0, 0.05) is 12.7 Å². The molecule has 0 bridgehead atoms. The molecule has 0 unspecified atom stereocenters. The highest BCUT2D eigenvalue weighted by Gasteiger charge is 2.32. The van der Waals surface area contributed by atoms with Crippen molar-refractivity contribution < 1.29 is 27.4 Å². The van der Waals surface area contributed by atoms with Gasteiger partial charge in [-0.05, 0) is 30.7 Å². The minimum absolute atomic E-state index is 0.0540. The number of aryl methyl sites for hydroxylation is 1. The van der Waals surface area contributed by atoms with E-state index in [0.717, 1.165) is 11.1 Å². The molecule has 0 aromatic heterocycles. The van der Waals surface area contributed by atoms with Crippen LogP contribution in [0, 0.1) is 6.92 Å². The number of methoxy groups -OCH3 is 1. The standard InChI is InChI=1S/C19H22F3N3O3/c1-13-7-8-14(17(11-13)27-10-9-26-2)12-24-18(23)25-15-5-3-4-6-16(15)28-19(20,21)22/h3-8,11H,9-10,12H2,1-2H3,(H3,23,24,25). The van der Waals surface area contributed by atoms with Crippen molar-refractivity contribution in [3.63, 3.8) is 0 Å². The number of guanidine groups is 1. The molecule has 0 aliphatic heterocycles. The zero-order valence-electron chi connectivity index (χ0n) is 15.5. The fraction of sp³-hybridized carbons (Fsp3) is 0.316. The molecule has 2 aromatic carbocycles. The Morgan fingerprint density at radius 2 is 1.86 bits per heavy atom. The van der Waals surface area contributed by atoms with Crippen LogP contribution in [0.15, 0.2) is 47.5 Å². The summed E-state index contributed by atoms with van der Waals surface area (Å²) in [5.74, 6) is 0.197. The lowest BCUT2D eigenvalue weighted by Gasteiger charge is -2.14. The van der Waals surface area contributed by atoms with E-state index < -0.39 is 12.1 Å². The second-order valence-electron chi connectivity index (χ2n) is 5.82. The Bertz CT molecular complexity index is 810. The van der Waals surface area contributed by atoms with Crippen molar-refractivity contribution in [2.75, 3.05) is 25.6 Å². The van der Waals surface area contributed by atoms with Crippen molar-refractivity contribution in [3.8, 4) is 11.5 Å². The molecule has 2 rings (SSSR count). The average Bonchev–Trinajstić information content (AvgIpc) is 2.62. The highest BCUT2D eigenvalue weighted by molar-refractivity contribution is 5.93. The molecule has 6 nitrogen and oxygen atoms in total. The van der Waals surface area contributed by atoms with Gasteiger partial charge in [0.15, 0.2) is 11.7 Å². The molecule has 0 aliphatic carbocycles. The first-order valence-corrected chi connectivity index (χ1v) is 8.41. The summed E-state index contributed by atoms with van der Waals surface area (Å²) in [5, 5.41) is 2.63. The van der Waals surface area contributed by atoms with E-state index in [0.29, 0.717) is 19.0 Å². The Kier molecular flexibility index (Phi) is 7.51. The topological polar surface area (TPSA) is 78.1 Å². The van der Waals surface area contributed by atoms with Crippen LogP contribution in [0.1, 0.15) is 11.1 Å².